The number of carbonyl (C=O) groups is 2. The summed E-state index contributed by atoms with van der Waals surface area (Å²) in [6.45, 7) is 3.33. The third kappa shape index (κ3) is 3.20. The quantitative estimate of drug-likeness (QED) is 0.692. The molecule has 92 valence electrons. The lowest BCUT2D eigenvalue weighted by Gasteiger charge is -2.37. The van der Waals surface area contributed by atoms with Gasteiger partial charge < -0.3 is 10.0 Å². The van der Waals surface area contributed by atoms with E-state index in [1.54, 1.807) is 11.9 Å². The van der Waals surface area contributed by atoms with E-state index >= 15 is 0 Å². The molecule has 0 aliphatic carbocycles. The van der Waals surface area contributed by atoms with Gasteiger partial charge in [0.15, 0.2) is 0 Å². The van der Waals surface area contributed by atoms with Crippen LogP contribution >= 0.6 is 0 Å². The van der Waals surface area contributed by atoms with E-state index in [0.717, 1.165) is 19.3 Å². The van der Waals surface area contributed by atoms with Crippen LogP contribution in [-0.2, 0) is 9.59 Å². The number of carbonyl (C=O) groups excluding carboxylic acids is 1. The van der Waals surface area contributed by atoms with Crippen molar-refractivity contribution in [2.24, 2.45) is 0 Å². The van der Waals surface area contributed by atoms with Gasteiger partial charge in [0.2, 0.25) is 5.91 Å². The average Bonchev–Trinajstić information content (AvgIpc) is 2.23. The highest BCUT2D eigenvalue weighted by Gasteiger charge is 2.34. The molecule has 0 aromatic carbocycles. The number of rotatable bonds is 5. The predicted octanol–water partition coefficient (Wildman–Crippen LogP) is 0.404. The number of nitrogens with zero attached hydrogens (tertiary/aromatic N) is 2. The molecule has 0 saturated carbocycles. The van der Waals surface area contributed by atoms with Gasteiger partial charge in [-0.1, -0.05) is 19.8 Å². The van der Waals surface area contributed by atoms with Gasteiger partial charge in [0, 0.05) is 13.6 Å². The van der Waals surface area contributed by atoms with Crippen molar-refractivity contribution >= 4 is 11.9 Å². The SMILES string of the molecule is CCCCCN1CC(=O)N(C)CC1C(=O)O. The molecule has 1 aliphatic heterocycles. The van der Waals surface area contributed by atoms with Crippen LogP contribution in [0.3, 0.4) is 0 Å². The molecular formula is C11H20N2O3. The first-order chi connectivity index (χ1) is 7.56. The van der Waals surface area contributed by atoms with Crippen molar-refractivity contribution in [2.75, 3.05) is 26.7 Å². The minimum absolute atomic E-state index is 0.00833. The standard InChI is InChI=1S/C11H20N2O3/c1-3-4-5-6-13-8-10(14)12(2)7-9(13)11(15)16/h9H,3-8H2,1-2H3,(H,15,16). The average molecular weight is 228 g/mol. The van der Waals surface area contributed by atoms with E-state index in [1.807, 2.05) is 0 Å². The molecule has 1 aliphatic rings. The van der Waals surface area contributed by atoms with Crippen LogP contribution in [0.5, 0.6) is 0 Å². The zero-order valence-electron chi connectivity index (χ0n) is 9.98. The highest BCUT2D eigenvalue weighted by atomic mass is 16.4. The van der Waals surface area contributed by atoms with Gasteiger partial charge in [-0.15, -0.1) is 0 Å². The Morgan fingerprint density at radius 2 is 2.19 bits per heavy atom. The molecule has 1 unspecified atom stereocenters. The molecule has 0 bridgehead atoms. The Morgan fingerprint density at radius 3 is 2.75 bits per heavy atom. The van der Waals surface area contributed by atoms with Crippen LogP contribution in [0.25, 0.3) is 0 Å². The monoisotopic (exact) mass is 228 g/mol. The Morgan fingerprint density at radius 1 is 1.50 bits per heavy atom. The number of carboxylic acid groups (broad SMARTS) is 1. The topological polar surface area (TPSA) is 60.9 Å². The van der Waals surface area contributed by atoms with Gasteiger partial charge in [0.1, 0.15) is 6.04 Å². The molecule has 16 heavy (non-hydrogen) atoms. The predicted molar refractivity (Wildman–Crippen MR) is 60.2 cm³/mol. The molecule has 1 amide bonds. The smallest absolute Gasteiger partial charge is 0.322 e. The minimum atomic E-state index is -0.837. The fraction of sp³-hybridized carbons (Fsp3) is 0.818. The van der Waals surface area contributed by atoms with Crippen molar-refractivity contribution < 1.29 is 14.7 Å². The maximum Gasteiger partial charge on any atom is 0.322 e. The Bertz CT molecular complexity index is 268. The third-order valence-corrected chi connectivity index (χ3v) is 2.99. The second kappa shape index (κ2) is 5.84. The molecular weight excluding hydrogens is 208 g/mol. The number of amides is 1. The van der Waals surface area contributed by atoms with Crippen molar-refractivity contribution in [2.45, 2.75) is 32.2 Å². The first-order valence-electron chi connectivity index (χ1n) is 5.77. The van der Waals surface area contributed by atoms with Crippen molar-refractivity contribution in [3.8, 4) is 0 Å². The first kappa shape index (κ1) is 13.0. The van der Waals surface area contributed by atoms with Crippen LogP contribution < -0.4 is 0 Å². The lowest BCUT2D eigenvalue weighted by atomic mass is 10.1. The maximum atomic E-state index is 11.5. The Hall–Kier alpha value is -1.10. The normalized spacial score (nSPS) is 22.5. The maximum absolute atomic E-state index is 11.5. The van der Waals surface area contributed by atoms with Crippen molar-refractivity contribution in [3.63, 3.8) is 0 Å². The number of likely N-dealkylation sites (N-methyl/N-ethyl adjacent to an activating group) is 1. The second-order valence-electron chi connectivity index (χ2n) is 4.31. The fourth-order valence-electron chi connectivity index (χ4n) is 1.92. The molecule has 1 saturated heterocycles. The number of unbranched alkanes of at least 4 members (excludes halogenated alkanes) is 2. The van der Waals surface area contributed by atoms with Crippen LogP contribution in [0, 0.1) is 0 Å². The van der Waals surface area contributed by atoms with Gasteiger partial charge >= 0.3 is 5.97 Å². The van der Waals surface area contributed by atoms with E-state index in [0.29, 0.717) is 13.1 Å². The van der Waals surface area contributed by atoms with Crippen LogP contribution in [0.1, 0.15) is 26.2 Å². The van der Waals surface area contributed by atoms with Gasteiger partial charge in [-0.3, -0.25) is 14.5 Å². The Kier molecular flexibility index (Phi) is 4.73. The lowest BCUT2D eigenvalue weighted by molar-refractivity contribution is -0.150. The Labute approximate surface area is 96.0 Å². The van der Waals surface area contributed by atoms with E-state index in [1.165, 1.54) is 4.90 Å². The first-order valence-corrected chi connectivity index (χ1v) is 5.77. The molecule has 0 aromatic rings. The number of piperazine rings is 1. The molecule has 0 aromatic heterocycles. The summed E-state index contributed by atoms with van der Waals surface area (Å²) in [7, 11) is 1.65. The van der Waals surface area contributed by atoms with E-state index in [-0.39, 0.29) is 12.5 Å². The van der Waals surface area contributed by atoms with Gasteiger partial charge in [-0.2, -0.15) is 0 Å². The summed E-state index contributed by atoms with van der Waals surface area (Å²) >= 11 is 0. The molecule has 1 rings (SSSR count). The number of hydrogen-bond donors (Lipinski definition) is 1. The number of carboxylic acids is 1. The van der Waals surface area contributed by atoms with Gasteiger partial charge in [0.25, 0.3) is 0 Å². The third-order valence-electron chi connectivity index (χ3n) is 2.99. The zero-order chi connectivity index (χ0) is 12.1. The molecule has 0 radical (unpaired) electrons. The van der Waals surface area contributed by atoms with Crippen molar-refractivity contribution in [1.29, 1.82) is 0 Å². The minimum Gasteiger partial charge on any atom is -0.480 e. The number of hydrogen-bond acceptors (Lipinski definition) is 3. The summed E-state index contributed by atoms with van der Waals surface area (Å²) in [5.41, 5.74) is 0. The summed E-state index contributed by atoms with van der Waals surface area (Å²) in [6.07, 6.45) is 3.13. The lowest BCUT2D eigenvalue weighted by Crippen LogP contribution is -2.57. The summed E-state index contributed by atoms with van der Waals surface area (Å²) in [5, 5.41) is 9.09. The van der Waals surface area contributed by atoms with Crippen LogP contribution in [-0.4, -0.2) is 59.5 Å². The Balaban J connectivity index is 2.56. The zero-order valence-corrected chi connectivity index (χ0v) is 9.98. The van der Waals surface area contributed by atoms with Gasteiger partial charge in [-0.05, 0) is 13.0 Å². The summed E-state index contributed by atoms with van der Waals surface area (Å²) in [6, 6.07) is -0.542. The second-order valence-corrected chi connectivity index (χ2v) is 4.31. The molecule has 5 heteroatoms. The molecule has 1 atom stereocenters. The molecule has 1 fully saturated rings. The summed E-state index contributed by atoms with van der Waals surface area (Å²) in [4.78, 5) is 25.8. The van der Waals surface area contributed by atoms with Gasteiger partial charge in [0.05, 0.1) is 6.54 Å². The molecule has 5 nitrogen and oxygen atoms in total. The molecule has 0 spiro atoms. The highest BCUT2D eigenvalue weighted by molar-refractivity contribution is 5.83. The molecule has 1 N–H and O–H groups in total. The largest absolute Gasteiger partial charge is 0.480 e. The van der Waals surface area contributed by atoms with Crippen LogP contribution in [0.2, 0.25) is 0 Å². The van der Waals surface area contributed by atoms with Crippen LogP contribution in [0.4, 0.5) is 0 Å². The summed E-state index contributed by atoms with van der Waals surface area (Å²) < 4.78 is 0. The van der Waals surface area contributed by atoms with Crippen molar-refractivity contribution in [1.82, 2.24) is 9.80 Å². The van der Waals surface area contributed by atoms with E-state index in [9.17, 15) is 9.59 Å². The van der Waals surface area contributed by atoms with E-state index < -0.39 is 12.0 Å². The number of aliphatic carboxylic acids is 1. The fourth-order valence-corrected chi connectivity index (χ4v) is 1.92. The highest BCUT2D eigenvalue weighted by Crippen LogP contribution is 2.11. The van der Waals surface area contributed by atoms with Gasteiger partial charge in [-0.25, -0.2) is 0 Å². The van der Waals surface area contributed by atoms with Crippen LogP contribution in [0.15, 0.2) is 0 Å². The summed E-state index contributed by atoms with van der Waals surface area (Å²) in [5.74, 6) is -0.829. The van der Waals surface area contributed by atoms with E-state index in [4.69, 9.17) is 5.11 Å². The molecule has 1 heterocycles. The van der Waals surface area contributed by atoms with Crippen molar-refractivity contribution in [3.05, 3.63) is 0 Å². The van der Waals surface area contributed by atoms with E-state index in [2.05, 4.69) is 6.92 Å².